The molecule has 2 aliphatic rings. The van der Waals surface area contributed by atoms with E-state index in [2.05, 4.69) is 28.1 Å². The zero-order valence-corrected chi connectivity index (χ0v) is 18.1. The Morgan fingerprint density at radius 3 is 2.86 bits per heavy atom. The highest BCUT2D eigenvalue weighted by atomic mass is 32.1. The fourth-order valence-corrected chi connectivity index (χ4v) is 4.92. The summed E-state index contributed by atoms with van der Waals surface area (Å²) in [5, 5.41) is 0.656. The fourth-order valence-electron chi connectivity index (χ4n) is 4.28. The molecule has 1 aromatic heterocycles. The first-order valence-electron chi connectivity index (χ1n) is 9.94. The maximum absolute atomic E-state index is 13.0. The molecule has 8 heteroatoms. The van der Waals surface area contributed by atoms with Gasteiger partial charge in [-0.05, 0) is 43.4 Å². The summed E-state index contributed by atoms with van der Waals surface area (Å²) < 4.78 is 9.33. The number of ether oxygens (including phenoxy) is 1. The fraction of sp³-hybridized carbons (Fsp3) is 0.524. The summed E-state index contributed by atoms with van der Waals surface area (Å²) in [6.07, 6.45) is 0.895. The van der Waals surface area contributed by atoms with Crippen LogP contribution in [0.1, 0.15) is 39.8 Å². The molecule has 0 bridgehead atoms. The Balaban J connectivity index is 1.38. The van der Waals surface area contributed by atoms with E-state index in [1.807, 2.05) is 19.1 Å². The van der Waals surface area contributed by atoms with Crippen LogP contribution in [0.5, 0.6) is 0 Å². The Morgan fingerprint density at radius 1 is 1.34 bits per heavy atom. The van der Waals surface area contributed by atoms with Crippen LogP contribution in [-0.4, -0.2) is 52.8 Å². The molecule has 0 saturated carbocycles. The lowest BCUT2D eigenvalue weighted by atomic mass is 9.97. The molecule has 0 spiro atoms. The molecule has 2 unspecified atom stereocenters. The van der Waals surface area contributed by atoms with Crippen LogP contribution in [0.2, 0.25) is 0 Å². The van der Waals surface area contributed by atoms with Gasteiger partial charge in [0.15, 0.2) is 0 Å². The summed E-state index contributed by atoms with van der Waals surface area (Å²) >= 11 is 1.26. The van der Waals surface area contributed by atoms with Crippen LogP contribution in [0.3, 0.4) is 0 Å². The number of rotatable bonds is 5. The highest BCUT2D eigenvalue weighted by Gasteiger charge is 2.37. The van der Waals surface area contributed by atoms with Crippen LogP contribution in [0, 0.1) is 25.7 Å². The van der Waals surface area contributed by atoms with E-state index in [1.54, 1.807) is 11.9 Å². The summed E-state index contributed by atoms with van der Waals surface area (Å²) in [5.41, 5.74) is 4.11. The van der Waals surface area contributed by atoms with Crippen molar-refractivity contribution >= 4 is 28.5 Å². The minimum atomic E-state index is -0.223. The van der Waals surface area contributed by atoms with E-state index in [0.717, 1.165) is 37.2 Å². The largest absolute Gasteiger partial charge is 0.457 e. The number of nitrogens with zero attached hydrogens (tertiary/aromatic N) is 4. The number of aryl methyl sites for hydroxylation is 1. The molecule has 0 radical (unpaired) electrons. The van der Waals surface area contributed by atoms with Gasteiger partial charge < -0.3 is 9.64 Å². The SMILES string of the molecule is Cc1nsc(N(C)C(=O)C2CN(CCc3ccc4c(c3C)COC4=O)CC2C)n1. The van der Waals surface area contributed by atoms with E-state index in [9.17, 15) is 9.59 Å². The Morgan fingerprint density at radius 2 is 2.14 bits per heavy atom. The van der Waals surface area contributed by atoms with Crippen LogP contribution in [0.25, 0.3) is 0 Å². The van der Waals surface area contributed by atoms with Crippen LogP contribution in [0.15, 0.2) is 12.1 Å². The lowest BCUT2D eigenvalue weighted by Gasteiger charge is -2.20. The van der Waals surface area contributed by atoms with E-state index in [0.29, 0.717) is 29.0 Å². The predicted octanol–water partition coefficient (Wildman–Crippen LogP) is 2.60. The number of likely N-dealkylation sites (tertiary alicyclic amines) is 1. The monoisotopic (exact) mass is 414 g/mol. The number of anilines is 1. The minimum absolute atomic E-state index is 0.0312. The number of fused-ring (bicyclic) bond motifs is 1. The van der Waals surface area contributed by atoms with E-state index < -0.39 is 0 Å². The van der Waals surface area contributed by atoms with Crippen molar-refractivity contribution in [3.8, 4) is 0 Å². The summed E-state index contributed by atoms with van der Waals surface area (Å²) in [6, 6.07) is 3.92. The Labute approximate surface area is 174 Å². The Hall–Kier alpha value is -2.32. The summed E-state index contributed by atoms with van der Waals surface area (Å²) in [6.45, 7) is 8.98. The van der Waals surface area contributed by atoms with Crippen molar-refractivity contribution in [2.45, 2.75) is 33.8 Å². The third-order valence-corrected chi connectivity index (χ3v) is 7.00. The van der Waals surface area contributed by atoms with Gasteiger partial charge in [-0.3, -0.25) is 9.69 Å². The van der Waals surface area contributed by atoms with Crippen molar-refractivity contribution < 1.29 is 14.3 Å². The molecule has 0 aliphatic carbocycles. The first-order chi connectivity index (χ1) is 13.8. The Kier molecular flexibility index (Phi) is 5.40. The first kappa shape index (κ1) is 20.0. The second kappa shape index (κ2) is 7.84. The van der Waals surface area contributed by atoms with Crippen molar-refractivity contribution in [2.75, 3.05) is 31.6 Å². The highest BCUT2D eigenvalue weighted by molar-refractivity contribution is 7.09. The molecule has 29 heavy (non-hydrogen) atoms. The van der Waals surface area contributed by atoms with Gasteiger partial charge in [-0.15, -0.1) is 0 Å². The average molecular weight is 415 g/mol. The Bertz CT molecular complexity index is 957. The van der Waals surface area contributed by atoms with Gasteiger partial charge >= 0.3 is 5.97 Å². The van der Waals surface area contributed by atoms with Gasteiger partial charge in [0.25, 0.3) is 0 Å². The number of amides is 1. The average Bonchev–Trinajstić information content (AvgIpc) is 3.39. The molecule has 2 atom stereocenters. The van der Waals surface area contributed by atoms with Crippen molar-refractivity contribution in [1.29, 1.82) is 0 Å². The normalized spacial score (nSPS) is 21.3. The van der Waals surface area contributed by atoms with Gasteiger partial charge in [0, 0.05) is 43.8 Å². The van der Waals surface area contributed by atoms with Crippen molar-refractivity contribution in [2.24, 2.45) is 11.8 Å². The van der Waals surface area contributed by atoms with Crippen LogP contribution in [-0.2, 0) is 22.6 Å². The lowest BCUT2D eigenvalue weighted by Crippen LogP contribution is -2.36. The molecular formula is C21H26N4O3S. The number of benzene rings is 1. The molecule has 1 saturated heterocycles. The predicted molar refractivity (Wildman–Crippen MR) is 111 cm³/mol. The second-order valence-corrected chi connectivity index (χ2v) is 8.80. The van der Waals surface area contributed by atoms with Gasteiger partial charge in [-0.2, -0.15) is 4.37 Å². The molecule has 7 nitrogen and oxygen atoms in total. The van der Waals surface area contributed by atoms with Gasteiger partial charge in [-0.25, -0.2) is 9.78 Å². The standard InChI is InChI=1S/C21H26N4O3S/c1-12-9-25(10-17(12)19(26)24(4)21-22-14(3)23-29-21)8-7-15-5-6-16-18(13(15)2)11-28-20(16)27/h5-6,12,17H,7-11H2,1-4H3. The minimum Gasteiger partial charge on any atom is -0.457 e. The molecule has 1 aromatic carbocycles. The molecule has 154 valence electrons. The number of hydrogen-bond acceptors (Lipinski definition) is 7. The molecule has 2 aromatic rings. The van der Waals surface area contributed by atoms with Gasteiger partial charge in [0.2, 0.25) is 11.0 Å². The molecule has 1 fully saturated rings. The number of cyclic esters (lactones) is 1. The topological polar surface area (TPSA) is 75.6 Å². The zero-order chi connectivity index (χ0) is 20.7. The van der Waals surface area contributed by atoms with Crippen molar-refractivity contribution in [3.05, 3.63) is 40.2 Å². The van der Waals surface area contributed by atoms with E-state index >= 15 is 0 Å². The maximum atomic E-state index is 13.0. The van der Waals surface area contributed by atoms with Crippen LogP contribution in [0.4, 0.5) is 5.13 Å². The van der Waals surface area contributed by atoms with E-state index in [-0.39, 0.29) is 17.8 Å². The molecule has 0 N–H and O–H groups in total. The summed E-state index contributed by atoms with van der Waals surface area (Å²) in [7, 11) is 1.79. The molecule has 1 amide bonds. The number of aromatic nitrogens is 2. The van der Waals surface area contributed by atoms with E-state index in [4.69, 9.17) is 4.74 Å². The maximum Gasteiger partial charge on any atom is 0.338 e. The third-order valence-electron chi connectivity index (χ3n) is 6.12. The highest BCUT2D eigenvalue weighted by Crippen LogP contribution is 2.29. The number of hydrogen-bond donors (Lipinski definition) is 0. The van der Waals surface area contributed by atoms with Gasteiger partial charge in [0.1, 0.15) is 12.4 Å². The van der Waals surface area contributed by atoms with E-state index in [1.165, 1.54) is 17.1 Å². The molecule has 4 rings (SSSR count). The third kappa shape index (κ3) is 3.79. The first-order valence-corrected chi connectivity index (χ1v) is 10.7. The number of carbonyl (C=O) groups excluding carboxylic acids is 2. The quantitative estimate of drug-likeness (QED) is 0.700. The summed E-state index contributed by atoms with van der Waals surface area (Å²) in [5.74, 6) is 0.852. The summed E-state index contributed by atoms with van der Waals surface area (Å²) in [4.78, 5) is 33.1. The molecular weight excluding hydrogens is 388 g/mol. The number of esters is 1. The smallest absolute Gasteiger partial charge is 0.338 e. The van der Waals surface area contributed by atoms with Crippen molar-refractivity contribution in [1.82, 2.24) is 14.3 Å². The zero-order valence-electron chi connectivity index (χ0n) is 17.3. The van der Waals surface area contributed by atoms with Crippen LogP contribution >= 0.6 is 11.5 Å². The number of carbonyl (C=O) groups is 2. The van der Waals surface area contributed by atoms with Crippen LogP contribution < -0.4 is 4.90 Å². The van der Waals surface area contributed by atoms with Gasteiger partial charge in [-0.1, -0.05) is 13.0 Å². The lowest BCUT2D eigenvalue weighted by molar-refractivity contribution is -0.122. The van der Waals surface area contributed by atoms with Crippen molar-refractivity contribution in [3.63, 3.8) is 0 Å². The molecule has 3 heterocycles. The van der Waals surface area contributed by atoms with Gasteiger partial charge in [0.05, 0.1) is 11.5 Å². The second-order valence-electron chi connectivity index (χ2n) is 8.07. The molecule has 2 aliphatic heterocycles.